The standard InChI is InChI=1S/C15H7F4N5O/c16-12-5-8(1-4-11(12)15(17,18)19)13-23-24-14(25-13)22-10-3-2-9(6-20)21-7-10/h1-5,7H,(H,22,24). The van der Waals surface area contributed by atoms with Gasteiger partial charge < -0.3 is 9.73 Å². The number of anilines is 2. The van der Waals surface area contributed by atoms with Gasteiger partial charge in [0.2, 0.25) is 5.89 Å². The highest BCUT2D eigenvalue weighted by atomic mass is 19.4. The maximum atomic E-state index is 13.6. The molecule has 0 saturated carbocycles. The lowest BCUT2D eigenvalue weighted by atomic mass is 10.1. The van der Waals surface area contributed by atoms with Crippen molar-refractivity contribution in [2.24, 2.45) is 0 Å². The molecule has 0 unspecified atom stereocenters. The van der Waals surface area contributed by atoms with Gasteiger partial charge in [0.25, 0.3) is 0 Å². The minimum atomic E-state index is -4.78. The van der Waals surface area contributed by atoms with Gasteiger partial charge in [-0.1, -0.05) is 5.10 Å². The van der Waals surface area contributed by atoms with Crippen molar-refractivity contribution in [2.45, 2.75) is 6.18 Å². The average molecular weight is 349 g/mol. The third-order valence-electron chi connectivity index (χ3n) is 3.08. The molecule has 10 heteroatoms. The van der Waals surface area contributed by atoms with Crippen molar-refractivity contribution in [1.82, 2.24) is 15.2 Å². The first-order valence-electron chi connectivity index (χ1n) is 6.70. The van der Waals surface area contributed by atoms with E-state index in [-0.39, 0.29) is 23.2 Å². The summed E-state index contributed by atoms with van der Waals surface area (Å²) in [4.78, 5) is 3.83. The van der Waals surface area contributed by atoms with E-state index in [1.165, 1.54) is 12.3 Å². The van der Waals surface area contributed by atoms with Gasteiger partial charge in [-0.3, -0.25) is 0 Å². The Morgan fingerprint density at radius 3 is 2.52 bits per heavy atom. The molecule has 0 radical (unpaired) electrons. The van der Waals surface area contributed by atoms with Crippen molar-refractivity contribution in [3.05, 3.63) is 53.6 Å². The first-order chi connectivity index (χ1) is 11.9. The van der Waals surface area contributed by atoms with Gasteiger partial charge in [0.15, 0.2) is 0 Å². The number of nitriles is 1. The Labute approximate surface area is 137 Å². The van der Waals surface area contributed by atoms with E-state index in [1.54, 1.807) is 6.07 Å². The number of hydrogen-bond donors (Lipinski definition) is 1. The predicted molar refractivity (Wildman–Crippen MR) is 76.9 cm³/mol. The Morgan fingerprint density at radius 1 is 1.12 bits per heavy atom. The summed E-state index contributed by atoms with van der Waals surface area (Å²) in [6.07, 6.45) is -3.42. The fourth-order valence-electron chi connectivity index (χ4n) is 1.93. The summed E-state index contributed by atoms with van der Waals surface area (Å²) in [6, 6.07) is 7.11. The van der Waals surface area contributed by atoms with Gasteiger partial charge in [0.1, 0.15) is 17.6 Å². The summed E-state index contributed by atoms with van der Waals surface area (Å²) in [5, 5.41) is 18.7. The van der Waals surface area contributed by atoms with Crippen LogP contribution >= 0.6 is 0 Å². The molecule has 6 nitrogen and oxygen atoms in total. The van der Waals surface area contributed by atoms with Gasteiger partial charge in [-0.25, -0.2) is 9.37 Å². The molecule has 0 aliphatic rings. The summed E-state index contributed by atoms with van der Waals surface area (Å²) >= 11 is 0. The maximum Gasteiger partial charge on any atom is 0.419 e. The lowest BCUT2D eigenvalue weighted by Crippen LogP contribution is -2.07. The normalized spacial score (nSPS) is 11.2. The fourth-order valence-corrected chi connectivity index (χ4v) is 1.93. The molecule has 0 spiro atoms. The van der Waals surface area contributed by atoms with E-state index >= 15 is 0 Å². The van der Waals surface area contributed by atoms with Crippen LogP contribution in [0.1, 0.15) is 11.3 Å². The van der Waals surface area contributed by atoms with E-state index in [0.717, 1.165) is 6.07 Å². The minimum absolute atomic E-state index is 0.00371. The Bertz CT molecular complexity index is 944. The summed E-state index contributed by atoms with van der Waals surface area (Å²) in [5.74, 6) is -1.59. The number of hydrogen-bond acceptors (Lipinski definition) is 6. The zero-order valence-electron chi connectivity index (χ0n) is 12.2. The minimum Gasteiger partial charge on any atom is -0.403 e. The molecule has 0 amide bonds. The molecule has 0 saturated heterocycles. The zero-order chi connectivity index (χ0) is 18.0. The van der Waals surface area contributed by atoms with Crippen molar-refractivity contribution in [3.8, 4) is 17.5 Å². The highest BCUT2D eigenvalue weighted by Crippen LogP contribution is 2.33. The van der Waals surface area contributed by atoms with Crippen LogP contribution in [-0.2, 0) is 6.18 Å². The average Bonchev–Trinajstić information content (AvgIpc) is 3.03. The second kappa shape index (κ2) is 6.20. The summed E-state index contributed by atoms with van der Waals surface area (Å²) in [6.45, 7) is 0. The van der Waals surface area contributed by atoms with E-state index in [0.29, 0.717) is 17.8 Å². The zero-order valence-corrected chi connectivity index (χ0v) is 12.2. The molecule has 2 heterocycles. The fraction of sp³-hybridized carbons (Fsp3) is 0.0667. The van der Waals surface area contributed by atoms with Gasteiger partial charge in [-0.05, 0) is 30.3 Å². The maximum absolute atomic E-state index is 13.6. The second-order valence-corrected chi connectivity index (χ2v) is 4.77. The number of nitrogens with one attached hydrogen (secondary N) is 1. The van der Waals surface area contributed by atoms with Crippen LogP contribution in [0.25, 0.3) is 11.5 Å². The summed E-state index contributed by atoms with van der Waals surface area (Å²) in [5.41, 5.74) is -0.702. The van der Waals surface area contributed by atoms with Crippen LogP contribution in [0.3, 0.4) is 0 Å². The molecule has 3 aromatic rings. The van der Waals surface area contributed by atoms with Crippen molar-refractivity contribution >= 4 is 11.7 Å². The SMILES string of the molecule is N#Cc1ccc(Nc2nnc(-c3ccc(C(F)(F)F)c(F)c3)o2)cn1. The van der Waals surface area contributed by atoms with Crippen LogP contribution in [0.2, 0.25) is 0 Å². The largest absolute Gasteiger partial charge is 0.419 e. The third kappa shape index (κ3) is 3.55. The topological polar surface area (TPSA) is 87.6 Å². The number of halogens is 4. The van der Waals surface area contributed by atoms with Crippen LogP contribution in [0.5, 0.6) is 0 Å². The van der Waals surface area contributed by atoms with Crippen LogP contribution in [0.4, 0.5) is 29.3 Å². The van der Waals surface area contributed by atoms with Crippen LogP contribution in [-0.4, -0.2) is 15.2 Å². The molecule has 0 aliphatic carbocycles. The number of rotatable bonds is 3. The molecule has 0 aliphatic heterocycles. The first-order valence-corrected chi connectivity index (χ1v) is 6.70. The third-order valence-corrected chi connectivity index (χ3v) is 3.08. The van der Waals surface area contributed by atoms with Crippen LogP contribution < -0.4 is 5.32 Å². The second-order valence-electron chi connectivity index (χ2n) is 4.77. The number of aromatic nitrogens is 3. The molecule has 0 fully saturated rings. The highest BCUT2D eigenvalue weighted by molar-refractivity contribution is 5.57. The molecule has 2 aromatic heterocycles. The lowest BCUT2D eigenvalue weighted by Gasteiger charge is -2.07. The Hall–Kier alpha value is -3.48. The molecule has 1 aromatic carbocycles. The van der Waals surface area contributed by atoms with Gasteiger partial charge in [-0.15, -0.1) is 5.10 Å². The van der Waals surface area contributed by atoms with Gasteiger partial charge in [0.05, 0.1) is 17.4 Å². The molecule has 0 bridgehead atoms. The predicted octanol–water partition coefficient (Wildman–Crippen LogP) is 3.90. The van der Waals surface area contributed by atoms with Crippen molar-refractivity contribution < 1.29 is 22.0 Å². The molecular weight excluding hydrogens is 342 g/mol. The Kier molecular flexibility index (Phi) is 4.06. The van der Waals surface area contributed by atoms with Crippen LogP contribution in [0.15, 0.2) is 40.9 Å². The number of pyridine rings is 1. The van der Waals surface area contributed by atoms with Crippen molar-refractivity contribution in [2.75, 3.05) is 5.32 Å². The number of benzene rings is 1. The van der Waals surface area contributed by atoms with Crippen molar-refractivity contribution in [3.63, 3.8) is 0 Å². The first kappa shape index (κ1) is 16.4. The molecule has 25 heavy (non-hydrogen) atoms. The number of alkyl halides is 3. The number of nitrogens with zero attached hydrogens (tertiary/aromatic N) is 4. The molecule has 0 atom stereocenters. The summed E-state index contributed by atoms with van der Waals surface area (Å²) < 4.78 is 56.5. The highest BCUT2D eigenvalue weighted by Gasteiger charge is 2.34. The van der Waals surface area contributed by atoms with Gasteiger partial charge in [0, 0.05) is 5.56 Å². The Balaban J connectivity index is 1.81. The Morgan fingerprint density at radius 2 is 1.92 bits per heavy atom. The van der Waals surface area contributed by atoms with Gasteiger partial charge >= 0.3 is 12.2 Å². The van der Waals surface area contributed by atoms with E-state index in [9.17, 15) is 17.6 Å². The molecule has 1 N–H and O–H groups in total. The quantitative estimate of drug-likeness (QED) is 0.722. The van der Waals surface area contributed by atoms with Crippen molar-refractivity contribution in [1.29, 1.82) is 5.26 Å². The van der Waals surface area contributed by atoms with Gasteiger partial charge in [-0.2, -0.15) is 18.4 Å². The lowest BCUT2D eigenvalue weighted by molar-refractivity contribution is -0.139. The van der Waals surface area contributed by atoms with Crippen LogP contribution in [0, 0.1) is 17.1 Å². The van der Waals surface area contributed by atoms with E-state index < -0.39 is 17.6 Å². The van der Waals surface area contributed by atoms with E-state index in [1.807, 2.05) is 6.07 Å². The summed E-state index contributed by atoms with van der Waals surface area (Å²) in [7, 11) is 0. The molecule has 3 rings (SSSR count). The van der Waals surface area contributed by atoms with E-state index in [4.69, 9.17) is 9.68 Å². The monoisotopic (exact) mass is 349 g/mol. The molecular formula is C15H7F4N5O. The van der Waals surface area contributed by atoms with E-state index in [2.05, 4.69) is 20.5 Å². The molecule has 126 valence electrons. The smallest absolute Gasteiger partial charge is 0.403 e.